The van der Waals surface area contributed by atoms with E-state index >= 15 is 0 Å². The molecule has 0 aliphatic rings. The Morgan fingerprint density at radius 2 is 2.14 bits per heavy atom. The number of hydrogen-bond acceptors (Lipinski definition) is 4. The van der Waals surface area contributed by atoms with E-state index in [9.17, 15) is 4.79 Å². The molecule has 0 bridgehead atoms. The topological polar surface area (TPSA) is 56.2 Å². The fraction of sp³-hybridized carbons (Fsp3) is 0.375. The van der Waals surface area contributed by atoms with Gasteiger partial charge in [-0.15, -0.1) is 0 Å². The van der Waals surface area contributed by atoms with Crippen molar-refractivity contribution in [3.8, 4) is 0 Å². The van der Waals surface area contributed by atoms with Gasteiger partial charge in [0.25, 0.3) is 0 Å². The van der Waals surface area contributed by atoms with Crippen LogP contribution in [0.1, 0.15) is 30.5 Å². The van der Waals surface area contributed by atoms with Gasteiger partial charge < -0.3 is 4.74 Å². The van der Waals surface area contributed by atoms with Crippen molar-refractivity contribution in [2.45, 2.75) is 32.5 Å². The zero-order chi connectivity index (χ0) is 15.1. The summed E-state index contributed by atoms with van der Waals surface area (Å²) in [6.45, 7) is 3.58. The van der Waals surface area contributed by atoms with Crippen LogP contribution < -0.4 is 5.32 Å². The zero-order valence-corrected chi connectivity index (χ0v) is 12.5. The Kier molecular flexibility index (Phi) is 5.51. The van der Waals surface area contributed by atoms with Gasteiger partial charge in [-0.3, -0.25) is 10.00 Å². The van der Waals surface area contributed by atoms with Gasteiger partial charge in [0.2, 0.25) is 0 Å². The number of carbonyl (C=O) groups excluding carboxylic acids is 1. The maximum Gasteiger partial charge on any atom is 0.327 e. The molecule has 0 amide bonds. The van der Waals surface area contributed by atoms with Crippen LogP contribution in [0.25, 0.3) is 0 Å². The molecule has 1 aromatic carbocycles. The first-order chi connectivity index (χ1) is 10.2. The Morgan fingerprint density at radius 1 is 1.38 bits per heavy atom. The lowest BCUT2D eigenvalue weighted by Crippen LogP contribution is -2.29. The molecule has 0 aliphatic carbocycles. The first kappa shape index (κ1) is 15.3. The highest BCUT2D eigenvalue weighted by atomic mass is 16.5. The first-order valence-electron chi connectivity index (χ1n) is 7.12. The number of esters is 1. The number of aryl methyl sites for hydroxylation is 1. The normalized spacial score (nSPS) is 12.1. The number of aromatic nitrogens is 2. The Labute approximate surface area is 124 Å². The van der Waals surface area contributed by atoms with Crippen LogP contribution in [0.15, 0.2) is 42.7 Å². The number of nitrogens with one attached hydrogen (secondary N) is 1. The minimum atomic E-state index is -0.467. The third kappa shape index (κ3) is 4.16. The number of methoxy groups -OCH3 is 1. The van der Waals surface area contributed by atoms with Crippen molar-refractivity contribution in [2.24, 2.45) is 0 Å². The quantitative estimate of drug-likeness (QED) is 0.794. The van der Waals surface area contributed by atoms with Crippen LogP contribution in [-0.2, 0) is 22.6 Å². The molecule has 0 fully saturated rings. The summed E-state index contributed by atoms with van der Waals surface area (Å²) < 4.78 is 6.79. The molecule has 0 spiro atoms. The highest BCUT2D eigenvalue weighted by Gasteiger charge is 2.20. The van der Waals surface area contributed by atoms with Gasteiger partial charge in [0, 0.05) is 24.8 Å². The second-order valence-electron chi connectivity index (χ2n) is 4.86. The predicted octanol–water partition coefficient (Wildman–Crippen LogP) is 2.30. The monoisotopic (exact) mass is 287 g/mol. The van der Waals surface area contributed by atoms with Crippen molar-refractivity contribution >= 4 is 5.97 Å². The van der Waals surface area contributed by atoms with Crippen molar-refractivity contribution in [1.82, 2.24) is 15.1 Å². The Balaban J connectivity index is 2.03. The van der Waals surface area contributed by atoms with Crippen LogP contribution in [0, 0.1) is 0 Å². The molecule has 1 unspecified atom stereocenters. The fourth-order valence-corrected chi connectivity index (χ4v) is 2.17. The standard InChI is InChI=1S/C16H21N3O2/c1-3-9-19-12-13(11-18-19)10-17-15(16(20)21-2)14-7-5-4-6-8-14/h4-8,11-12,15,17H,3,9-10H2,1-2H3. The lowest BCUT2D eigenvalue weighted by Gasteiger charge is -2.16. The van der Waals surface area contributed by atoms with Gasteiger partial charge in [-0.1, -0.05) is 37.3 Å². The van der Waals surface area contributed by atoms with Crippen LogP contribution in [0.4, 0.5) is 0 Å². The summed E-state index contributed by atoms with van der Waals surface area (Å²) in [5, 5.41) is 7.51. The number of rotatable bonds is 7. The first-order valence-corrected chi connectivity index (χ1v) is 7.12. The van der Waals surface area contributed by atoms with Gasteiger partial charge >= 0.3 is 5.97 Å². The van der Waals surface area contributed by atoms with Gasteiger partial charge in [0.15, 0.2) is 0 Å². The predicted molar refractivity (Wildman–Crippen MR) is 80.6 cm³/mol. The minimum absolute atomic E-state index is 0.290. The molecule has 2 aromatic rings. The maximum atomic E-state index is 11.9. The van der Waals surface area contributed by atoms with Gasteiger partial charge in [-0.05, 0) is 12.0 Å². The lowest BCUT2D eigenvalue weighted by atomic mass is 10.1. The van der Waals surface area contributed by atoms with E-state index in [1.165, 1.54) is 7.11 Å². The molecule has 2 rings (SSSR count). The average molecular weight is 287 g/mol. The number of carbonyl (C=O) groups is 1. The highest BCUT2D eigenvalue weighted by Crippen LogP contribution is 2.15. The second kappa shape index (κ2) is 7.59. The van der Waals surface area contributed by atoms with Crippen LogP contribution in [0.5, 0.6) is 0 Å². The summed E-state index contributed by atoms with van der Waals surface area (Å²) in [6, 6.07) is 9.10. The van der Waals surface area contributed by atoms with E-state index in [-0.39, 0.29) is 5.97 Å². The molecule has 0 radical (unpaired) electrons. The third-order valence-corrected chi connectivity index (χ3v) is 3.22. The number of nitrogens with zero attached hydrogens (tertiary/aromatic N) is 2. The molecule has 112 valence electrons. The largest absolute Gasteiger partial charge is 0.468 e. The molecule has 1 atom stereocenters. The Bertz CT molecular complexity index is 566. The van der Waals surface area contributed by atoms with Crippen molar-refractivity contribution in [1.29, 1.82) is 0 Å². The van der Waals surface area contributed by atoms with E-state index in [0.29, 0.717) is 6.54 Å². The van der Waals surface area contributed by atoms with Crippen LogP contribution in [0.2, 0.25) is 0 Å². The molecule has 5 heteroatoms. The highest BCUT2D eigenvalue weighted by molar-refractivity contribution is 5.77. The maximum absolute atomic E-state index is 11.9. The van der Waals surface area contributed by atoms with Gasteiger partial charge in [0.05, 0.1) is 13.3 Å². The Morgan fingerprint density at radius 3 is 2.81 bits per heavy atom. The number of benzene rings is 1. The van der Waals surface area contributed by atoms with E-state index in [0.717, 1.165) is 24.1 Å². The fourth-order valence-electron chi connectivity index (χ4n) is 2.17. The summed E-state index contributed by atoms with van der Waals surface area (Å²) in [4.78, 5) is 11.9. The molecular weight excluding hydrogens is 266 g/mol. The van der Waals surface area contributed by atoms with E-state index in [2.05, 4.69) is 17.3 Å². The summed E-state index contributed by atoms with van der Waals surface area (Å²) in [5.74, 6) is -0.290. The van der Waals surface area contributed by atoms with Gasteiger partial charge in [-0.2, -0.15) is 5.10 Å². The molecule has 21 heavy (non-hydrogen) atoms. The molecule has 1 N–H and O–H groups in total. The smallest absolute Gasteiger partial charge is 0.327 e. The summed E-state index contributed by atoms with van der Waals surface area (Å²) in [6.07, 6.45) is 4.86. The molecule has 0 saturated carbocycles. The van der Waals surface area contributed by atoms with Crippen molar-refractivity contribution in [3.63, 3.8) is 0 Å². The van der Waals surface area contributed by atoms with Crippen LogP contribution >= 0.6 is 0 Å². The van der Waals surface area contributed by atoms with Crippen LogP contribution in [-0.4, -0.2) is 22.9 Å². The molecule has 0 saturated heterocycles. The van der Waals surface area contributed by atoms with Crippen LogP contribution in [0.3, 0.4) is 0 Å². The van der Waals surface area contributed by atoms with E-state index in [1.807, 2.05) is 47.4 Å². The van der Waals surface area contributed by atoms with Crippen molar-refractivity contribution < 1.29 is 9.53 Å². The van der Waals surface area contributed by atoms with E-state index in [1.54, 1.807) is 0 Å². The average Bonchev–Trinajstić information content (AvgIpc) is 2.96. The van der Waals surface area contributed by atoms with Gasteiger partial charge in [-0.25, -0.2) is 4.79 Å². The minimum Gasteiger partial charge on any atom is -0.468 e. The molecular formula is C16H21N3O2. The lowest BCUT2D eigenvalue weighted by molar-refractivity contribution is -0.143. The molecule has 1 aromatic heterocycles. The van der Waals surface area contributed by atoms with E-state index in [4.69, 9.17) is 4.74 Å². The Hall–Kier alpha value is -2.14. The molecule has 1 heterocycles. The SMILES string of the molecule is CCCn1cc(CNC(C(=O)OC)c2ccccc2)cn1. The second-order valence-corrected chi connectivity index (χ2v) is 4.86. The number of ether oxygens (including phenoxy) is 1. The van der Waals surface area contributed by atoms with E-state index < -0.39 is 6.04 Å². The van der Waals surface area contributed by atoms with Gasteiger partial charge in [0.1, 0.15) is 6.04 Å². The molecule has 5 nitrogen and oxygen atoms in total. The number of hydrogen-bond donors (Lipinski definition) is 1. The summed E-state index contributed by atoms with van der Waals surface area (Å²) >= 11 is 0. The third-order valence-electron chi connectivity index (χ3n) is 3.22. The zero-order valence-electron chi connectivity index (χ0n) is 12.5. The van der Waals surface area contributed by atoms with Crippen molar-refractivity contribution in [2.75, 3.05) is 7.11 Å². The molecule has 0 aliphatic heterocycles. The summed E-state index contributed by atoms with van der Waals surface area (Å²) in [7, 11) is 1.40. The summed E-state index contributed by atoms with van der Waals surface area (Å²) in [5.41, 5.74) is 1.94. The van der Waals surface area contributed by atoms with Crippen molar-refractivity contribution in [3.05, 3.63) is 53.9 Å².